The standard InChI is InChI=1S/C22H33N3O4S/c1-4-29-19-7-5-17(6-8-19)25-16-18-15-22(2,3)20(25)9-10-24(18)21(26)23-11-13-30(27,28)14-12-23/h5-8,18,20H,4,9-16H2,1-3H3. The molecule has 4 fully saturated rings. The van der Waals surface area contributed by atoms with Crippen molar-refractivity contribution in [3.63, 3.8) is 0 Å². The van der Waals surface area contributed by atoms with Gasteiger partial charge < -0.3 is 19.4 Å². The van der Waals surface area contributed by atoms with Crippen molar-refractivity contribution in [2.75, 3.05) is 49.2 Å². The fourth-order valence-corrected chi connectivity index (χ4v) is 6.51. The first kappa shape index (κ1) is 21.3. The molecule has 0 aromatic heterocycles. The van der Waals surface area contributed by atoms with Crippen LogP contribution in [-0.4, -0.2) is 80.6 Å². The van der Waals surface area contributed by atoms with E-state index in [4.69, 9.17) is 4.74 Å². The number of carbonyl (C=O) groups excluding carboxylic acids is 1. The summed E-state index contributed by atoms with van der Waals surface area (Å²) in [6.07, 6.45) is 1.87. The van der Waals surface area contributed by atoms with Crippen LogP contribution in [0, 0.1) is 5.41 Å². The summed E-state index contributed by atoms with van der Waals surface area (Å²) in [6.45, 7) is 9.36. The SMILES string of the molecule is CCOc1ccc(N2CC3CC(C)(C)C2CCN3C(=O)N2CCS(=O)(=O)CC2)cc1. The monoisotopic (exact) mass is 435 g/mol. The number of hydrogen-bond acceptors (Lipinski definition) is 5. The number of fused-ring (bicyclic) bond motifs is 4. The molecule has 1 aromatic carbocycles. The van der Waals surface area contributed by atoms with E-state index in [0.29, 0.717) is 32.3 Å². The molecule has 4 heterocycles. The Balaban J connectivity index is 1.54. The Labute approximate surface area is 179 Å². The Morgan fingerprint density at radius 1 is 1.13 bits per heavy atom. The molecule has 2 amide bonds. The van der Waals surface area contributed by atoms with Gasteiger partial charge in [0.05, 0.1) is 24.2 Å². The summed E-state index contributed by atoms with van der Waals surface area (Å²) >= 11 is 0. The zero-order valence-electron chi connectivity index (χ0n) is 18.2. The van der Waals surface area contributed by atoms with E-state index in [2.05, 4.69) is 30.9 Å². The molecule has 0 aliphatic carbocycles. The molecule has 0 saturated carbocycles. The molecule has 2 bridgehead atoms. The first-order valence-corrected chi connectivity index (χ1v) is 12.8. The molecule has 30 heavy (non-hydrogen) atoms. The number of benzene rings is 1. The van der Waals surface area contributed by atoms with E-state index in [9.17, 15) is 13.2 Å². The third-order valence-electron chi connectivity index (χ3n) is 6.87. The third-order valence-corrected chi connectivity index (χ3v) is 8.48. The fraction of sp³-hybridized carbons (Fsp3) is 0.682. The summed E-state index contributed by atoms with van der Waals surface area (Å²) in [7, 11) is -3.00. The molecule has 1 aromatic rings. The maximum Gasteiger partial charge on any atom is 0.320 e. The van der Waals surface area contributed by atoms with Crippen molar-refractivity contribution in [2.45, 2.75) is 45.7 Å². The Bertz CT molecular complexity index is 870. The number of amides is 2. The second-order valence-electron chi connectivity index (χ2n) is 9.35. The van der Waals surface area contributed by atoms with Crippen LogP contribution < -0.4 is 9.64 Å². The van der Waals surface area contributed by atoms with Crippen LogP contribution in [0.3, 0.4) is 0 Å². The molecular weight excluding hydrogens is 402 g/mol. The van der Waals surface area contributed by atoms with Gasteiger partial charge in [-0.2, -0.15) is 0 Å². The van der Waals surface area contributed by atoms with E-state index in [1.807, 2.05) is 24.0 Å². The molecule has 5 rings (SSSR count). The fourth-order valence-electron chi connectivity index (χ4n) is 5.31. The number of piperidine rings is 1. The van der Waals surface area contributed by atoms with Gasteiger partial charge in [-0.1, -0.05) is 13.8 Å². The van der Waals surface area contributed by atoms with Gasteiger partial charge in [-0.05, 0) is 49.4 Å². The molecule has 2 atom stereocenters. The highest BCUT2D eigenvalue weighted by Crippen LogP contribution is 2.43. The van der Waals surface area contributed by atoms with Crippen molar-refractivity contribution in [1.29, 1.82) is 0 Å². The molecule has 4 aliphatic rings. The predicted octanol–water partition coefficient (Wildman–Crippen LogP) is 2.61. The van der Waals surface area contributed by atoms with Gasteiger partial charge in [0.2, 0.25) is 0 Å². The van der Waals surface area contributed by atoms with Crippen LogP contribution in [-0.2, 0) is 9.84 Å². The quantitative estimate of drug-likeness (QED) is 0.730. The van der Waals surface area contributed by atoms with Crippen molar-refractivity contribution in [2.24, 2.45) is 5.41 Å². The maximum absolute atomic E-state index is 13.3. The highest BCUT2D eigenvalue weighted by molar-refractivity contribution is 7.91. The van der Waals surface area contributed by atoms with Gasteiger partial charge in [-0.25, -0.2) is 13.2 Å². The topological polar surface area (TPSA) is 70.2 Å². The van der Waals surface area contributed by atoms with Crippen molar-refractivity contribution in [3.05, 3.63) is 24.3 Å². The van der Waals surface area contributed by atoms with Crippen molar-refractivity contribution in [3.8, 4) is 5.75 Å². The Morgan fingerprint density at radius 3 is 2.43 bits per heavy atom. The second-order valence-corrected chi connectivity index (χ2v) is 11.6. The lowest BCUT2D eigenvalue weighted by Gasteiger charge is -2.49. The number of nitrogens with zero attached hydrogens (tertiary/aromatic N) is 3. The Hall–Kier alpha value is -1.96. The van der Waals surface area contributed by atoms with Gasteiger partial charge in [0, 0.05) is 37.9 Å². The maximum atomic E-state index is 13.3. The number of carbonyl (C=O) groups is 1. The van der Waals surface area contributed by atoms with Gasteiger partial charge in [-0.15, -0.1) is 0 Å². The molecule has 8 heteroatoms. The number of rotatable bonds is 3. The van der Waals surface area contributed by atoms with Gasteiger partial charge in [0.25, 0.3) is 0 Å². The molecule has 0 radical (unpaired) electrons. The van der Waals surface area contributed by atoms with Crippen molar-refractivity contribution >= 4 is 21.6 Å². The first-order valence-electron chi connectivity index (χ1n) is 11.0. The summed E-state index contributed by atoms with van der Waals surface area (Å²) in [6, 6.07) is 8.73. The van der Waals surface area contributed by atoms with Gasteiger partial charge in [0.1, 0.15) is 5.75 Å². The highest BCUT2D eigenvalue weighted by Gasteiger charge is 2.48. The van der Waals surface area contributed by atoms with Crippen molar-refractivity contribution in [1.82, 2.24) is 9.80 Å². The first-order chi connectivity index (χ1) is 14.2. The molecule has 4 saturated heterocycles. The van der Waals surface area contributed by atoms with Crippen LogP contribution in [0.15, 0.2) is 24.3 Å². The highest BCUT2D eigenvalue weighted by atomic mass is 32.2. The van der Waals surface area contributed by atoms with Crippen molar-refractivity contribution < 1.29 is 17.9 Å². The van der Waals surface area contributed by atoms with Crippen LogP contribution in [0.5, 0.6) is 5.75 Å². The smallest absolute Gasteiger partial charge is 0.320 e. The van der Waals surface area contributed by atoms with E-state index < -0.39 is 9.84 Å². The lowest BCUT2D eigenvalue weighted by molar-refractivity contribution is 0.122. The Morgan fingerprint density at radius 2 is 1.80 bits per heavy atom. The third kappa shape index (κ3) is 4.11. The summed E-state index contributed by atoms with van der Waals surface area (Å²) in [4.78, 5) is 19.5. The second kappa shape index (κ2) is 7.94. The van der Waals surface area contributed by atoms with Gasteiger partial charge >= 0.3 is 6.03 Å². The lowest BCUT2D eigenvalue weighted by atomic mass is 9.74. The van der Waals surface area contributed by atoms with Crippen LogP contribution in [0.4, 0.5) is 10.5 Å². The minimum absolute atomic E-state index is 0.0000984. The normalized spacial score (nSPS) is 27.6. The summed E-state index contributed by atoms with van der Waals surface area (Å²) in [5, 5.41) is 0. The summed E-state index contributed by atoms with van der Waals surface area (Å²) in [5.41, 5.74) is 1.25. The van der Waals surface area contributed by atoms with Crippen LogP contribution in [0.2, 0.25) is 0 Å². The number of anilines is 1. The molecular formula is C22H33N3O4S. The van der Waals surface area contributed by atoms with Crippen LogP contribution in [0.25, 0.3) is 0 Å². The Kier molecular flexibility index (Phi) is 5.64. The van der Waals surface area contributed by atoms with E-state index >= 15 is 0 Å². The van der Waals surface area contributed by atoms with Crippen LogP contribution >= 0.6 is 0 Å². The van der Waals surface area contributed by atoms with E-state index in [0.717, 1.165) is 25.1 Å². The van der Waals surface area contributed by atoms with E-state index in [1.165, 1.54) is 5.69 Å². The molecule has 0 spiro atoms. The molecule has 166 valence electrons. The van der Waals surface area contributed by atoms with Gasteiger partial charge in [-0.3, -0.25) is 0 Å². The molecule has 4 aliphatic heterocycles. The number of hydrogen-bond donors (Lipinski definition) is 0. The predicted molar refractivity (Wildman–Crippen MR) is 118 cm³/mol. The van der Waals surface area contributed by atoms with Gasteiger partial charge in [0.15, 0.2) is 9.84 Å². The average Bonchev–Trinajstić information content (AvgIpc) is 2.95. The summed E-state index contributed by atoms with van der Waals surface area (Å²) in [5.74, 6) is 1.02. The number of sulfone groups is 1. The van der Waals surface area contributed by atoms with Crippen LogP contribution in [0.1, 0.15) is 33.6 Å². The molecule has 0 N–H and O–H groups in total. The minimum atomic E-state index is -3.00. The number of ether oxygens (including phenoxy) is 1. The zero-order valence-corrected chi connectivity index (χ0v) is 19.0. The summed E-state index contributed by atoms with van der Waals surface area (Å²) < 4.78 is 29.1. The zero-order chi connectivity index (χ0) is 21.5. The molecule has 7 nitrogen and oxygen atoms in total. The minimum Gasteiger partial charge on any atom is -0.494 e. The average molecular weight is 436 g/mol. The van der Waals surface area contributed by atoms with E-state index in [-0.39, 0.29) is 29.0 Å². The van der Waals surface area contributed by atoms with E-state index in [1.54, 1.807) is 4.90 Å². The largest absolute Gasteiger partial charge is 0.494 e. The lowest BCUT2D eigenvalue weighted by Crippen LogP contribution is -2.58. The molecule has 2 unspecified atom stereocenters. The number of urea groups is 1.